The number of fused-ring (bicyclic) bond motifs is 1. The average Bonchev–Trinajstić information content (AvgIpc) is 2.85. The highest BCUT2D eigenvalue weighted by atomic mass is 32.1. The van der Waals surface area contributed by atoms with Crippen molar-refractivity contribution in [3.8, 4) is 0 Å². The molecular weight excluding hydrogens is 282 g/mol. The van der Waals surface area contributed by atoms with E-state index in [9.17, 15) is 4.79 Å². The number of amides is 1. The molecule has 0 aliphatic carbocycles. The molecule has 2 aromatic rings. The largest absolute Gasteiger partial charge is 0.397 e. The zero-order chi connectivity index (χ0) is 14.8. The summed E-state index contributed by atoms with van der Waals surface area (Å²) in [5.74, 6) is 0.104. The van der Waals surface area contributed by atoms with Gasteiger partial charge in [-0.1, -0.05) is 13.3 Å². The van der Waals surface area contributed by atoms with Crippen molar-refractivity contribution >= 4 is 33.0 Å². The van der Waals surface area contributed by atoms with Crippen molar-refractivity contribution in [3.05, 3.63) is 23.3 Å². The number of piperidine rings is 1. The standard InChI is InChI=1S/C16H21N3OS/c1-2-5-11-6-3-4-9-19(11)16(20)15-14(17)12-7-8-18-10-13(12)21-15/h7-8,10-11H,2-6,9,17H2,1H3. The maximum Gasteiger partial charge on any atom is 0.266 e. The van der Waals surface area contributed by atoms with Gasteiger partial charge in [-0.25, -0.2) is 0 Å². The minimum absolute atomic E-state index is 0.104. The summed E-state index contributed by atoms with van der Waals surface area (Å²) in [5.41, 5.74) is 6.82. The number of nitrogens with zero attached hydrogens (tertiary/aromatic N) is 2. The van der Waals surface area contributed by atoms with E-state index in [0.717, 1.165) is 42.3 Å². The van der Waals surface area contributed by atoms with Crippen LogP contribution in [-0.4, -0.2) is 28.4 Å². The van der Waals surface area contributed by atoms with Gasteiger partial charge in [0.05, 0.1) is 10.4 Å². The quantitative estimate of drug-likeness (QED) is 0.941. The van der Waals surface area contributed by atoms with Crippen LogP contribution in [0.25, 0.3) is 10.1 Å². The Morgan fingerprint density at radius 2 is 2.38 bits per heavy atom. The highest BCUT2D eigenvalue weighted by Gasteiger charge is 2.29. The van der Waals surface area contributed by atoms with Crippen molar-refractivity contribution in [1.29, 1.82) is 0 Å². The lowest BCUT2D eigenvalue weighted by atomic mass is 9.98. The van der Waals surface area contributed by atoms with Crippen molar-refractivity contribution in [2.75, 3.05) is 12.3 Å². The molecule has 1 atom stereocenters. The molecular formula is C16H21N3OS. The first-order valence-corrected chi connectivity index (χ1v) is 8.47. The lowest BCUT2D eigenvalue weighted by molar-refractivity contribution is 0.0607. The number of pyridine rings is 1. The van der Waals surface area contributed by atoms with Gasteiger partial charge in [-0.15, -0.1) is 11.3 Å². The summed E-state index contributed by atoms with van der Waals surface area (Å²) in [5, 5.41) is 0.947. The van der Waals surface area contributed by atoms with Crippen LogP contribution in [0.1, 0.15) is 48.7 Å². The Morgan fingerprint density at radius 3 is 3.14 bits per heavy atom. The van der Waals surface area contributed by atoms with Gasteiger partial charge in [0.2, 0.25) is 0 Å². The Balaban J connectivity index is 1.93. The number of hydrogen-bond acceptors (Lipinski definition) is 4. The molecule has 2 aromatic heterocycles. The SMILES string of the molecule is CCCC1CCCCN1C(=O)c1sc2cnccc2c1N. The third-order valence-corrected chi connectivity index (χ3v) is 5.38. The van der Waals surface area contributed by atoms with E-state index < -0.39 is 0 Å². The number of aromatic nitrogens is 1. The molecule has 1 amide bonds. The fourth-order valence-corrected chi connectivity index (χ4v) is 4.21. The summed E-state index contributed by atoms with van der Waals surface area (Å²) >= 11 is 1.47. The first-order chi connectivity index (χ1) is 10.2. The second kappa shape index (κ2) is 6.02. The Morgan fingerprint density at radius 1 is 1.52 bits per heavy atom. The van der Waals surface area contributed by atoms with E-state index in [1.165, 1.54) is 17.8 Å². The highest BCUT2D eigenvalue weighted by molar-refractivity contribution is 7.21. The second-order valence-electron chi connectivity index (χ2n) is 5.65. The first-order valence-electron chi connectivity index (χ1n) is 7.65. The number of anilines is 1. The second-order valence-corrected chi connectivity index (χ2v) is 6.71. The molecule has 3 rings (SSSR count). The van der Waals surface area contributed by atoms with Gasteiger partial charge < -0.3 is 10.6 Å². The van der Waals surface area contributed by atoms with Crippen molar-refractivity contribution in [2.24, 2.45) is 0 Å². The van der Waals surface area contributed by atoms with Crippen LogP contribution in [-0.2, 0) is 0 Å². The molecule has 3 heterocycles. The van der Waals surface area contributed by atoms with Crippen LogP contribution in [0.2, 0.25) is 0 Å². The summed E-state index contributed by atoms with van der Waals surface area (Å²) in [6, 6.07) is 2.26. The summed E-state index contributed by atoms with van der Waals surface area (Å²) in [6.45, 7) is 3.03. The lowest BCUT2D eigenvalue weighted by Crippen LogP contribution is -2.43. The van der Waals surface area contributed by atoms with Gasteiger partial charge in [0.15, 0.2) is 0 Å². The Labute approximate surface area is 129 Å². The Bertz CT molecular complexity index is 650. The minimum Gasteiger partial charge on any atom is -0.397 e. The van der Waals surface area contributed by atoms with Crippen molar-refractivity contribution < 1.29 is 4.79 Å². The lowest BCUT2D eigenvalue weighted by Gasteiger charge is -2.35. The number of nitrogen functional groups attached to an aromatic ring is 1. The minimum atomic E-state index is 0.104. The van der Waals surface area contributed by atoms with Crippen LogP contribution in [0.4, 0.5) is 5.69 Å². The van der Waals surface area contributed by atoms with Crippen LogP contribution in [0.5, 0.6) is 0 Å². The summed E-state index contributed by atoms with van der Waals surface area (Å²) < 4.78 is 0.988. The molecule has 5 heteroatoms. The van der Waals surface area contributed by atoms with Crippen molar-refractivity contribution in [2.45, 2.75) is 45.1 Å². The molecule has 2 N–H and O–H groups in total. The molecule has 0 radical (unpaired) electrons. The molecule has 1 aliphatic rings. The molecule has 1 saturated heterocycles. The molecule has 1 aliphatic heterocycles. The fourth-order valence-electron chi connectivity index (χ4n) is 3.16. The maximum atomic E-state index is 12.9. The number of hydrogen-bond donors (Lipinski definition) is 1. The zero-order valence-corrected chi connectivity index (χ0v) is 13.2. The molecule has 0 aromatic carbocycles. The molecule has 21 heavy (non-hydrogen) atoms. The third-order valence-electron chi connectivity index (χ3n) is 4.24. The topological polar surface area (TPSA) is 59.2 Å². The van der Waals surface area contributed by atoms with Crippen LogP contribution in [0.15, 0.2) is 18.5 Å². The van der Waals surface area contributed by atoms with E-state index in [-0.39, 0.29) is 5.91 Å². The van der Waals surface area contributed by atoms with E-state index >= 15 is 0 Å². The van der Waals surface area contributed by atoms with E-state index in [2.05, 4.69) is 11.9 Å². The monoisotopic (exact) mass is 303 g/mol. The van der Waals surface area contributed by atoms with Crippen LogP contribution >= 0.6 is 11.3 Å². The van der Waals surface area contributed by atoms with E-state index in [1.54, 1.807) is 12.4 Å². The van der Waals surface area contributed by atoms with Crippen LogP contribution in [0.3, 0.4) is 0 Å². The number of carbonyl (C=O) groups excluding carboxylic acids is 1. The van der Waals surface area contributed by atoms with Gasteiger partial charge in [0.1, 0.15) is 4.88 Å². The summed E-state index contributed by atoms with van der Waals surface area (Å²) in [4.78, 5) is 19.7. The number of thiophene rings is 1. The molecule has 1 fully saturated rings. The van der Waals surface area contributed by atoms with Crippen LogP contribution in [0, 0.1) is 0 Å². The van der Waals surface area contributed by atoms with Gasteiger partial charge in [-0.05, 0) is 31.7 Å². The number of likely N-dealkylation sites (tertiary alicyclic amines) is 1. The van der Waals surface area contributed by atoms with Gasteiger partial charge in [-0.2, -0.15) is 0 Å². The highest BCUT2D eigenvalue weighted by Crippen LogP contribution is 2.35. The number of rotatable bonds is 3. The van der Waals surface area contributed by atoms with Gasteiger partial charge >= 0.3 is 0 Å². The van der Waals surface area contributed by atoms with Crippen molar-refractivity contribution in [1.82, 2.24) is 9.88 Å². The van der Waals surface area contributed by atoms with E-state index in [1.807, 2.05) is 11.0 Å². The smallest absolute Gasteiger partial charge is 0.266 e. The van der Waals surface area contributed by atoms with Crippen LogP contribution < -0.4 is 5.73 Å². The molecule has 1 unspecified atom stereocenters. The normalized spacial score (nSPS) is 19.1. The predicted molar refractivity (Wildman–Crippen MR) is 87.6 cm³/mol. The van der Waals surface area contributed by atoms with Crippen molar-refractivity contribution in [3.63, 3.8) is 0 Å². The third kappa shape index (κ3) is 2.62. The molecule has 0 spiro atoms. The molecule has 112 valence electrons. The molecule has 4 nitrogen and oxygen atoms in total. The molecule has 0 bridgehead atoms. The molecule has 0 saturated carbocycles. The van der Waals surface area contributed by atoms with E-state index in [4.69, 9.17) is 5.73 Å². The Hall–Kier alpha value is -1.62. The van der Waals surface area contributed by atoms with E-state index in [0.29, 0.717) is 16.6 Å². The predicted octanol–water partition coefficient (Wildman–Crippen LogP) is 3.67. The van der Waals surface area contributed by atoms with Gasteiger partial charge in [0, 0.05) is 30.4 Å². The maximum absolute atomic E-state index is 12.9. The summed E-state index contributed by atoms with van der Waals surface area (Å²) in [7, 11) is 0. The Kier molecular flexibility index (Phi) is 4.10. The summed E-state index contributed by atoms with van der Waals surface area (Å²) in [6.07, 6.45) is 9.14. The number of nitrogens with two attached hydrogens (primary N) is 1. The fraction of sp³-hybridized carbons (Fsp3) is 0.500. The average molecular weight is 303 g/mol. The number of carbonyl (C=O) groups is 1. The zero-order valence-electron chi connectivity index (χ0n) is 12.3. The van der Waals surface area contributed by atoms with Gasteiger partial charge in [-0.3, -0.25) is 9.78 Å². The first kappa shape index (κ1) is 14.3. The van der Waals surface area contributed by atoms with Gasteiger partial charge in [0.25, 0.3) is 5.91 Å².